The van der Waals surface area contributed by atoms with Crippen LogP contribution in [0.15, 0.2) is 63.6 Å². The second kappa shape index (κ2) is 10.5. The fraction of sp³-hybridized carbons (Fsp3) is 0.217. The molecule has 164 valence electrons. The van der Waals surface area contributed by atoms with Crippen LogP contribution in [0.25, 0.3) is 0 Å². The molecule has 1 aliphatic heterocycles. The van der Waals surface area contributed by atoms with Crippen molar-refractivity contribution in [3.05, 3.63) is 74.7 Å². The van der Waals surface area contributed by atoms with E-state index in [4.69, 9.17) is 4.74 Å². The highest BCUT2D eigenvalue weighted by molar-refractivity contribution is 9.10. The number of esters is 1. The van der Waals surface area contributed by atoms with Crippen molar-refractivity contribution >= 4 is 51.2 Å². The molecule has 0 unspecified atom stereocenters. The molecule has 7 nitrogen and oxygen atoms in total. The highest BCUT2D eigenvalue weighted by atomic mass is 79.9. The smallest absolute Gasteiger partial charge is 0.319 e. The first-order valence-electron chi connectivity index (χ1n) is 9.62. The van der Waals surface area contributed by atoms with Crippen LogP contribution in [0.2, 0.25) is 0 Å². The molecule has 0 spiro atoms. The summed E-state index contributed by atoms with van der Waals surface area (Å²) in [4.78, 5) is 37.7. The quantitative estimate of drug-likeness (QED) is 0.448. The number of rotatable bonds is 6. The van der Waals surface area contributed by atoms with Gasteiger partial charge in [0.05, 0.1) is 29.5 Å². The minimum Gasteiger partial charge on any atom is -0.468 e. The van der Waals surface area contributed by atoms with E-state index in [9.17, 15) is 19.6 Å². The van der Waals surface area contributed by atoms with E-state index >= 15 is 0 Å². The predicted octanol–water partition coefficient (Wildman–Crippen LogP) is 3.87. The standard InChI is InChI=1S/C23H20BrN3O4S/c1-13-6-3-4-9-17(13)26-18(28)12-32-22-16(11-25)19(14-7-5-8-15(24)10-14)20(21(29)27-22)23(30)31-2/h3-10,19-20H,12H2,1-2H3,(H,26,28)(H,27,29)/t19-,20+/m0/s1. The number of benzene rings is 2. The van der Waals surface area contributed by atoms with Gasteiger partial charge in [-0.3, -0.25) is 14.4 Å². The molecule has 9 heteroatoms. The van der Waals surface area contributed by atoms with Gasteiger partial charge in [0.2, 0.25) is 11.8 Å². The lowest BCUT2D eigenvalue weighted by molar-refractivity contribution is -0.150. The zero-order valence-electron chi connectivity index (χ0n) is 17.3. The molecule has 1 heterocycles. The van der Waals surface area contributed by atoms with Crippen LogP contribution in [0.3, 0.4) is 0 Å². The van der Waals surface area contributed by atoms with Crippen molar-refractivity contribution in [1.29, 1.82) is 5.26 Å². The maximum Gasteiger partial charge on any atom is 0.319 e. The number of thioether (sulfide) groups is 1. The Hall–Kier alpha value is -3.09. The van der Waals surface area contributed by atoms with Gasteiger partial charge in [0.15, 0.2) is 0 Å². The minimum atomic E-state index is -1.21. The Balaban J connectivity index is 1.90. The van der Waals surface area contributed by atoms with Crippen molar-refractivity contribution in [3.63, 3.8) is 0 Å². The van der Waals surface area contributed by atoms with Gasteiger partial charge in [-0.05, 0) is 36.2 Å². The summed E-state index contributed by atoms with van der Waals surface area (Å²) >= 11 is 4.43. The highest BCUT2D eigenvalue weighted by Gasteiger charge is 2.44. The molecular formula is C23H20BrN3O4S. The Kier molecular flexibility index (Phi) is 7.72. The number of ether oxygens (including phenoxy) is 1. The highest BCUT2D eigenvalue weighted by Crippen LogP contribution is 2.40. The molecule has 2 N–H and O–H groups in total. The van der Waals surface area contributed by atoms with Crippen molar-refractivity contribution in [2.45, 2.75) is 12.8 Å². The van der Waals surface area contributed by atoms with Crippen molar-refractivity contribution in [2.24, 2.45) is 5.92 Å². The van der Waals surface area contributed by atoms with E-state index in [1.165, 1.54) is 7.11 Å². The van der Waals surface area contributed by atoms with Crippen LogP contribution >= 0.6 is 27.7 Å². The van der Waals surface area contributed by atoms with E-state index in [0.29, 0.717) is 11.3 Å². The van der Waals surface area contributed by atoms with Crippen LogP contribution in [0.5, 0.6) is 0 Å². The lowest BCUT2D eigenvalue weighted by Gasteiger charge is -2.31. The van der Waals surface area contributed by atoms with Gasteiger partial charge in [-0.1, -0.05) is 58.0 Å². The second-order valence-corrected chi connectivity index (χ2v) is 8.93. The molecular weight excluding hydrogens is 494 g/mol. The van der Waals surface area contributed by atoms with E-state index in [1.54, 1.807) is 30.3 Å². The summed E-state index contributed by atoms with van der Waals surface area (Å²) in [5.41, 5.74) is 2.43. The number of carbonyl (C=O) groups is 3. The normalized spacial score (nSPS) is 17.9. The monoisotopic (exact) mass is 513 g/mol. The zero-order valence-corrected chi connectivity index (χ0v) is 19.7. The Morgan fingerprint density at radius 2 is 2.00 bits per heavy atom. The average molecular weight is 514 g/mol. The number of nitriles is 1. The van der Waals surface area contributed by atoms with E-state index in [0.717, 1.165) is 21.8 Å². The minimum absolute atomic E-state index is 0.0246. The van der Waals surface area contributed by atoms with Gasteiger partial charge >= 0.3 is 5.97 Å². The van der Waals surface area contributed by atoms with Crippen LogP contribution in [0.4, 0.5) is 5.69 Å². The molecule has 2 atom stereocenters. The molecule has 0 saturated carbocycles. The third kappa shape index (κ3) is 5.21. The zero-order chi connectivity index (χ0) is 23.3. The molecule has 1 aliphatic rings. The van der Waals surface area contributed by atoms with Gasteiger partial charge in [-0.15, -0.1) is 0 Å². The van der Waals surface area contributed by atoms with Gasteiger partial charge in [-0.2, -0.15) is 5.26 Å². The maximum absolute atomic E-state index is 12.8. The number of hydrogen-bond acceptors (Lipinski definition) is 6. The molecule has 0 aromatic heterocycles. The molecule has 3 rings (SSSR count). The Bertz CT molecular complexity index is 1140. The average Bonchev–Trinajstić information content (AvgIpc) is 2.78. The topological polar surface area (TPSA) is 108 Å². The van der Waals surface area contributed by atoms with Gasteiger partial charge in [0.25, 0.3) is 0 Å². The summed E-state index contributed by atoms with van der Waals surface area (Å²) < 4.78 is 5.58. The first kappa shape index (κ1) is 23.6. The van der Waals surface area contributed by atoms with Crippen LogP contribution in [0, 0.1) is 24.2 Å². The Morgan fingerprint density at radius 3 is 2.66 bits per heavy atom. The summed E-state index contributed by atoms with van der Waals surface area (Å²) in [6.45, 7) is 1.88. The largest absolute Gasteiger partial charge is 0.468 e. The third-order valence-corrected chi connectivity index (χ3v) is 6.47. The van der Waals surface area contributed by atoms with E-state index < -0.39 is 23.7 Å². The van der Waals surface area contributed by atoms with Crippen molar-refractivity contribution in [3.8, 4) is 6.07 Å². The molecule has 2 aromatic carbocycles. The molecule has 2 amide bonds. The second-order valence-electron chi connectivity index (χ2n) is 7.03. The number of allylic oxidation sites excluding steroid dienone is 1. The van der Waals surface area contributed by atoms with Crippen molar-refractivity contribution in [1.82, 2.24) is 5.32 Å². The molecule has 0 bridgehead atoms. The molecule has 0 aliphatic carbocycles. The van der Waals surface area contributed by atoms with Crippen LogP contribution in [-0.4, -0.2) is 30.6 Å². The van der Waals surface area contributed by atoms with Gasteiger partial charge < -0.3 is 15.4 Å². The summed E-state index contributed by atoms with van der Waals surface area (Å²) in [5, 5.41) is 15.6. The van der Waals surface area contributed by atoms with Gasteiger partial charge in [0.1, 0.15) is 5.92 Å². The van der Waals surface area contributed by atoms with Crippen LogP contribution < -0.4 is 10.6 Å². The lowest BCUT2D eigenvalue weighted by atomic mass is 9.78. The number of nitrogens with zero attached hydrogens (tertiary/aromatic N) is 1. The summed E-state index contributed by atoms with van der Waals surface area (Å²) in [6, 6.07) is 16.6. The first-order chi connectivity index (χ1) is 15.3. The summed E-state index contributed by atoms with van der Waals surface area (Å²) in [5.74, 6) is -3.67. The SMILES string of the molecule is COC(=O)[C@H]1C(=O)NC(SCC(=O)Nc2ccccc2C)=C(C#N)[C@@H]1c1cccc(Br)c1. The number of hydrogen-bond donors (Lipinski definition) is 2. The number of para-hydroxylation sites is 1. The third-order valence-electron chi connectivity index (χ3n) is 4.96. The van der Waals surface area contributed by atoms with Gasteiger partial charge in [-0.25, -0.2) is 0 Å². The fourth-order valence-electron chi connectivity index (χ4n) is 3.42. The number of amides is 2. The Labute approximate surface area is 198 Å². The van der Waals surface area contributed by atoms with Crippen molar-refractivity contribution in [2.75, 3.05) is 18.2 Å². The summed E-state index contributed by atoms with van der Waals surface area (Å²) in [7, 11) is 1.20. The number of nitrogens with one attached hydrogen (secondary N) is 2. The fourth-order valence-corrected chi connectivity index (χ4v) is 4.68. The van der Waals surface area contributed by atoms with E-state index in [1.807, 2.05) is 25.1 Å². The first-order valence-corrected chi connectivity index (χ1v) is 11.4. The van der Waals surface area contributed by atoms with Gasteiger partial charge in [0, 0.05) is 16.1 Å². The number of aryl methyl sites for hydroxylation is 1. The summed E-state index contributed by atoms with van der Waals surface area (Å²) in [6.07, 6.45) is 0. The number of halogens is 1. The maximum atomic E-state index is 12.8. The van der Waals surface area contributed by atoms with Crippen molar-refractivity contribution < 1.29 is 19.1 Å². The number of anilines is 1. The van der Waals surface area contributed by atoms with E-state index in [-0.39, 0.29) is 22.3 Å². The molecule has 32 heavy (non-hydrogen) atoms. The molecule has 0 fully saturated rings. The predicted molar refractivity (Wildman–Crippen MR) is 125 cm³/mol. The lowest BCUT2D eigenvalue weighted by Crippen LogP contribution is -2.44. The Morgan fingerprint density at radius 1 is 1.25 bits per heavy atom. The van der Waals surface area contributed by atoms with E-state index in [2.05, 4.69) is 32.6 Å². The van der Waals surface area contributed by atoms with Crippen LogP contribution in [-0.2, 0) is 19.1 Å². The number of methoxy groups -OCH3 is 1. The molecule has 2 aromatic rings. The number of carbonyl (C=O) groups excluding carboxylic acids is 3. The molecule has 0 saturated heterocycles. The van der Waals surface area contributed by atoms with Crippen LogP contribution in [0.1, 0.15) is 17.0 Å². The molecule has 0 radical (unpaired) electrons.